The van der Waals surface area contributed by atoms with Gasteiger partial charge >= 0.3 is 4.87 Å². The molecule has 0 atom stereocenters. The molecule has 0 spiro atoms. The van der Waals surface area contributed by atoms with E-state index in [2.05, 4.69) is 4.98 Å². The normalized spacial score (nSPS) is 10.9. The van der Waals surface area contributed by atoms with Crippen molar-refractivity contribution in [1.29, 1.82) is 0 Å². The maximum absolute atomic E-state index is 11.0. The molecule has 0 saturated heterocycles. The van der Waals surface area contributed by atoms with Crippen molar-refractivity contribution in [2.24, 2.45) is 0 Å². The topological polar surface area (TPSA) is 46.0 Å². The molecular weight excluding hydrogens is 210 g/mol. The van der Waals surface area contributed by atoms with Crippen molar-refractivity contribution in [2.45, 2.75) is 0 Å². The van der Waals surface area contributed by atoms with Crippen molar-refractivity contribution in [3.05, 3.63) is 45.4 Å². The van der Waals surface area contributed by atoms with E-state index < -0.39 is 0 Å². The van der Waals surface area contributed by atoms with Crippen LogP contribution in [0, 0.1) is 0 Å². The monoisotopic (exact) mass is 217 g/mol. The van der Waals surface area contributed by atoms with Crippen LogP contribution in [0.4, 0.5) is 0 Å². The van der Waals surface area contributed by atoms with Gasteiger partial charge in [0.05, 0.1) is 5.69 Å². The quantitative estimate of drug-likeness (QED) is 0.681. The second-order valence-electron chi connectivity index (χ2n) is 3.21. The largest absolute Gasteiger partial charge is 0.454 e. The van der Waals surface area contributed by atoms with Crippen LogP contribution in [0.3, 0.4) is 0 Å². The standard InChI is InChI=1S/C11H7NO2S/c13-11-12-8(6-15-11)10-5-7-3-1-2-4-9(7)14-10/h1-6H,(H,12,13). The Balaban J connectivity index is 2.24. The summed E-state index contributed by atoms with van der Waals surface area (Å²) in [6.45, 7) is 0. The highest BCUT2D eigenvalue weighted by Crippen LogP contribution is 2.26. The Bertz CT molecular complexity index is 629. The Morgan fingerprint density at radius 3 is 2.87 bits per heavy atom. The van der Waals surface area contributed by atoms with E-state index >= 15 is 0 Å². The van der Waals surface area contributed by atoms with Gasteiger partial charge in [-0.15, -0.1) is 0 Å². The molecule has 4 heteroatoms. The molecule has 3 rings (SSSR count). The zero-order valence-corrected chi connectivity index (χ0v) is 8.51. The van der Waals surface area contributed by atoms with Crippen LogP contribution in [0.1, 0.15) is 0 Å². The predicted molar refractivity (Wildman–Crippen MR) is 60.1 cm³/mol. The lowest BCUT2D eigenvalue weighted by atomic mass is 10.2. The van der Waals surface area contributed by atoms with Crippen molar-refractivity contribution >= 4 is 22.3 Å². The maximum Gasteiger partial charge on any atom is 0.305 e. The molecule has 0 amide bonds. The Kier molecular flexibility index (Phi) is 1.76. The van der Waals surface area contributed by atoms with Crippen molar-refractivity contribution in [2.75, 3.05) is 0 Å². The molecule has 0 aliphatic heterocycles. The molecule has 1 N–H and O–H groups in total. The highest BCUT2D eigenvalue weighted by atomic mass is 32.1. The molecule has 2 aromatic heterocycles. The summed E-state index contributed by atoms with van der Waals surface area (Å²) in [4.78, 5) is 13.7. The van der Waals surface area contributed by atoms with E-state index in [-0.39, 0.29) is 4.87 Å². The van der Waals surface area contributed by atoms with E-state index in [0.29, 0.717) is 5.76 Å². The van der Waals surface area contributed by atoms with Crippen LogP contribution in [0.5, 0.6) is 0 Å². The molecule has 15 heavy (non-hydrogen) atoms. The van der Waals surface area contributed by atoms with E-state index in [1.54, 1.807) is 5.38 Å². The summed E-state index contributed by atoms with van der Waals surface area (Å²) >= 11 is 1.14. The lowest BCUT2D eigenvalue weighted by molar-refractivity contribution is 0.629. The highest BCUT2D eigenvalue weighted by Gasteiger charge is 2.06. The molecule has 3 nitrogen and oxygen atoms in total. The summed E-state index contributed by atoms with van der Waals surface area (Å²) in [5.74, 6) is 0.703. The van der Waals surface area contributed by atoms with Gasteiger partial charge in [0.15, 0.2) is 5.76 Å². The number of para-hydroxylation sites is 1. The van der Waals surface area contributed by atoms with E-state index in [1.165, 1.54) is 0 Å². The zero-order chi connectivity index (χ0) is 10.3. The Morgan fingerprint density at radius 2 is 2.13 bits per heavy atom. The first-order chi connectivity index (χ1) is 7.33. The summed E-state index contributed by atoms with van der Waals surface area (Å²) in [6.07, 6.45) is 0. The Hall–Kier alpha value is -1.81. The van der Waals surface area contributed by atoms with Crippen molar-refractivity contribution in [1.82, 2.24) is 4.98 Å². The first-order valence-corrected chi connectivity index (χ1v) is 5.38. The lowest BCUT2D eigenvalue weighted by Gasteiger charge is -1.86. The Morgan fingerprint density at radius 1 is 1.27 bits per heavy atom. The fourth-order valence-electron chi connectivity index (χ4n) is 1.52. The number of hydrogen-bond acceptors (Lipinski definition) is 3. The summed E-state index contributed by atoms with van der Waals surface area (Å²) in [5, 5.41) is 2.81. The zero-order valence-electron chi connectivity index (χ0n) is 7.69. The van der Waals surface area contributed by atoms with Crippen LogP contribution in [0.25, 0.3) is 22.4 Å². The van der Waals surface area contributed by atoms with Crippen LogP contribution >= 0.6 is 11.3 Å². The summed E-state index contributed by atoms with van der Waals surface area (Å²) in [6, 6.07) is 9.69. The van der Waals surface area contributed by atoms with Crippen LogP contribution in [-0.4, -0.2) is 4.98 Å². The average Bonchev–Trinajstić information content (AvgIpc) is 2.82. The van der Waals surface area contributed by atoms with Gasteiger partial charge < -0.3 is 9.40 Å². The fraction of sp³-hybridized carbons (Fsp3) is 0. The number of H-pyrrole nitrogens is 1. The van der Waals surface area contributed by atoms with Gasteiger partial charge in [0, 0.05) is 10.8 Å². The number of benzene rings is 1. The van der Waals surface area contributed by atoms with Gasteiger partial charge in [-0.1, -0.05) is 29.5 Å². The molecule has 2 heterocycles. The van der Waals surface area contributed by atoms with E-state index in [1.807, 2.05) is 30.3 Å². The number of aromatic amines is 1. The number of aromatic nitrogens is 1. The fourth-order valence-corrected chi connectivity index (χ4v) is 2.08. The minimum absolute atomic E-state index is 0.0644. The molecule has 0 fully saturated rings. The molecule has 1 aromatic carbocycles. The first-order valence-electron chi connectivity index (χ1n) is 4.50. The number of fused-ring (bicyclic) bond motifs is 1. The number of hydrogen-bond donors (Lipinski definition) is 1. The molecule has 0 aliphatic rings. The molecule has 3 aromatic rings. The second-order valence-corrected chi connectivity index (χ2v) is 4.05. The van der Waals surface area contributed by atoms with Gasteiger partial charge in [0.25, 0.3) is 0 Å². The third-order valence-electron chi connectivity index (χ3n) is 2.21. The maximum atomic E-state index is 11.0. The van der Waals surface area contributed by atoms with E-state index in [4.69, 9.17) is 4.42 Å². The SMILES string of the molecule is O=c1[nH]c(-c2cc3ccccc3o2)cs1. The number of nitrogens with one attached hydrogen (secondary N) is 1. The van der Waals surface area contributed by atoms with E-state index in [0.717, 1.165) is 28.0 Å². The summed E-state index contributed by atoms with van der Waals surface area (Å²) in [5.41, 5.74) is 1.57. The molecule has 74 valence electrons. The van der Waals surface area contributed by atoms with Gasteiger partial charge in [0.2, 0.25) is 0 Å². The van der Waals surface area contributed by atoms with Gasteiger partial charge in [-0.25, -0.2) is 0 Å². The summed E-state index contributed by atoms with van der Waals surface area (Å²) < 4.78 is 5.60. The summed E-state index contributed by atoms with van der Waals surface area (Å²) in [7, 11) is 0. The third kappa shape index (κ3) is 1.39. The van der Waals surface area contributed by atoms with Crippen molar-refractivity contribution in [3.8, 4) is 11.5 Å². The first kappa shape index (κ1) is 8.49. The van der Waals surface area contributed by atoms with E-state index in [9.17, 15) is 4.79 Å². The van der Waals surface area contributed by atoms with Gasteiger partial charge in [-0.05, 0) is 12.1 Å². The predicted octanol–water partition coefficient (Wildman–Crippen LogP) is 2.85. The van der Waals surface area contributed by atoms with Crippen LogP contribution in [-0.2, 0) is 0 Å². The molecule has 0 saturated carbocycles. The number of furan rings is 1. The van der Waals surface area contributed by atoms with Gasteiger partial charge in [-0.2, -0.15) is 0 Å². The molecule has 0 radical (unpaired) electrons. The second kappa shape index (κ2) is 3.10. The number of rotatable bonds is 1. The highest BCUT2D eigenvalue weighted by molar-refractivity contribution is 7.07. The molecule has 0 bridgehead atoms. The van der Waals surface area contributed by atoms with Gasteiger partial charge in [0.1, 0.15) is 5.58 Å². The van der Waals surface area contributed by atoms with Crippen LogP contribution in [0.15, 0.2) is 44.9 Å². The van der Waals surface area contributed by atoms with Gasteiger partial charge in [-0.3, -0.25) is 4.79 Å². The third-order valence-corrected chi connectivity index (χ3v) is 2.88. The molecular formula is C11H7NO2S. The minimum Gasteiger partial charge on any atom is -0.454 e. The van der Waals surface area contributed by atoms with Crippen molar-refractivity contribution in [3.63, 3.8) is 0 Å². The Labute approximate surface area is 89.0 Å². The van der Waals surface area contributed by atoms with Crippen molar-refractivity contribution < 1.29 is 4.42 Å². The smallest absolute Gasteiger partial charge is 0.305 e. The van der Waals surface area contributed by atoms with Crippen LogP contribution in [0.2, 0.25) is 0 Å². The molecule has 0 unspecified atom stereocenters. The van der Waals surface area contributed by atoms with Crippen LogP contribution < -0.4 is 4.87 Å². The minimum atomic E-state index is -0.0644. The lowest BCUT2D eigenvalue weighted by Crippen LogP contribution is -1.91. The molecule has 0 aliphatic carbocycles. The average molecular weight is 217 g/mol. The number of thiazole rings is 1.